The van der Waals surface area contributed by atoms with Crippen LogP contribution in [-0.4, -0.2) is 32.4 Å². The van der Waals surface area contributed by atoms with Crippen LogP contribution in [0.2, 0.25) is 6.82 Å². The first-order valence-electron chi connectivity index (χ1n) is 10.6. The summed E-state index contributed by atoms with van der Waals surface area (Å²) in [6, 6.07) is 18.8. The molecular weight excluding hydrogens is 536 g/mol. The second-order valence-electron chi connectivity index (χ2n) is 7.68. The summed E-state index contributed by atoms with van der Waals surface area (Å²) >= 11 is 0. The zero-order valence-corrected chi connectivity index (χ0v) is 23.1. The number of aryl methyl sites for hydroxylation is 1. The van der Waals surface area contributed by atoms with E-state index in [1.165, 1.54) is 23.5 Å². The average molecular weight is 558 g/mol. The van der Waals surface area contributed by atoms with Gasteiger partial charge in [0.2, 0.25) is 0 Å². The van der Waals surface area contributed by atoms with Crippen molar-refractivity contribution in [3.05, 3.63) is 95.1 Å². The summed E-state index contributed by atoms with van der Waals surface area (Å²) in [6.07, 6.45) is 0. The molecule has 4 aromatic rings. The van der Waals surface area contributed by atoms with Crippen LogP contribution in [-0.2, 0) is 49.6 Å². The molecule has 1 N–H and O–H groups in total. The Morgan fingerprint density at radius 2 is 1.60 bits per heavy atom. The molecule has 3 aromatic carbocycles. The number of hydrogen-bond acceptors (Lipinski definition) is 5. The monoisotopic (exact) mass is 558 g/mol. The minimum absolute atomic E-state index is 0. The molecule has 1 aliphatic carbocycles. The van der Waals surface area contributed by atoms with E-state index in [0.29, 0.717) is 39.0 Å². The summed E-state index contributed by atoms with van der Waals surface area (Å²) in [5.41, 5.74) is 4.00. The number of ketones is 1. The second-order valence-corrected chi connectivity index (χ2v) is 9.79. The van der Waals surface area contributed by atoms with Gasteiger partial charge in [-0.25, -0.2) is 8.42 Å². The zero-order valence-electron chi connectivity index (χ0n) is 19.4. The van der Waals surface area contributed by atoms with Gasteiger partial charge in [-0.2, -0.15) is 0 Å². The standard InChI is InChI=1S/C25H19N2O4S.CH3B.Y/c1-3-32(30,31)16-8-6-7-15(13-16)26-20-11-12-21-23-19(14-22(28)27(21)2)17-9-4-5-10-18(17)25(29)24(20)23;1-2;/h4-14,26H,1,3H2,2H3;1H3;/q-1;;. The smallest absolute Gasteiger partial charge is 0.251 e. The predicted octanol–water partition coefficient (Wildman–Crippen LogP) is 4.30. The van der Waals surface area contributed by atoms with Crippen LogP contribution in [0.1, 0.15) is 15.9 Å². The van der Waals surface area contributed by atoms with E-state index in [4.69, 9.17) is 0 Å². The van der Waals surface area contributed by atoms with Crippen molar-refractivity contribution in [1.82, 2.24) is 4.57 Å². The van der Waals surface area contributed by atoms with Crippen LogP contribution in [0.5, 0.6) is 0 Å². The van der Waals surface area contributed by atoms with E-state index < -0.39 is 9.84 Å². The van der Waals surface area contributed by atoms with Crippen LogP contribution in [0.25, 0.3) is 22.0 Å². The molecule has 6 nitrogen and oxygen atoms in total. The summed E-state index contributed by atoms with van der Waals surface area (Å²) in [7, 11) is 2.70. The summed E-state index contributed by atoms with van der Waals surface area (Å²) in [5, 5.41) is 3.91. The first-order chi connectivity index (χ1) is 16.3. The fourth-order valence-corrected chi connectivity index (χ4v) is 5.03. The Labute approximate surface area is 231 Å². The predicted molar refractivity (Wildman–Crippen MR) is 137 cm³/mol. The number of hydrogen-bond donors (Lipinski definition) is 1. The maximum atomic E-state index is 13.5. The average Bonchev–Trinajstić information content (AvgIpc) is 2.86. The van der Waals surface area contributed by atoms with Crippen LogP contribution in [0, 0.1) is 6.92 Å². The number of carbonyl (C=O) groups is 1. The number of nitrogens with zero attached hydrogens (tertiary/aromatic N) is 1. The Hall–Kier alpha value is -2.54. The van der Waals surface area contributed by atoms with Gasteiger partial charge in [0, 0.05) is 62.5 Å². The van der Waals surface area contributed by atoms with Gasteiger partial charge in [-0.3, -0.25) is 9.59 Å². The van der Waals surface area contributed by atoms with Crippen molar-refractivity contribution in [1.29, 1.82) is 0 Å². The fraction of sp³-hybridized carbons (Fsp3) is 0.115. The normalized spacial score (nSPS) is 11.7. The third kappa shape index (κ3) is 4.67. The first-order valence-corrected chi connectivity index (χ1v) is 12.2. The molecule has 1 aliphatic rings. The van der Waals surface area contributed by atoms with Crippen molar-refractivity contribution in [2.75, 3.05) is 11.1 Å². The molecule has 5 rings (SSSR count). The first kappa shape index (κ1) is 27.1. The number of nitrogens with one attached hydrogen (secondary N) is 1. The van der Waals surface area contributed by atoms with Crippen molar-refractivity contribution < 1.29 is 45.9 Å². The molecule has 0 spiro atoms. The van der Waals surface area contributed by atoms with Gasteiger partial charge in [-0.05, 0) is 41.5 Å². The minimum Gasteiger partial charge on any atom is -0.355 e. The van der Waals surface area contributed by atoms with Gasteiger partial charge in [0.15, 0.2) is 15.6 Å². The Bertz CT molecular complexity index is 1610. The maximum Gasteiger partial charge on any atom is 0.251 e. The van der Waals surface area contributed by atoms with E-state index in [-0.39, 0.29) is 54.7 Å². The van der Waals surface area contributed by atoms with Crippen LogP contribution >= 0.6 is 0 Å². The Morgan fingerprint density at radius 1 is 0.914 bits per heavy atom. The summed E-state index contributed by atoms with van der Waals surface area (Å²) in [6.45, 7) is 4.99. The number of benzene rings is 3. The van der Waals surface area contributed by atoms with E-state index in [1.807, 2.05) is 12.1 Å². The van der Waals surface area contributed by atoms with Crippen molar-refractivity contribution in [2.24, 2.45) is 7.05 Å². The molecule has 173 valence electrons. The van der Waals surface area contributed by atoms with Gasteiger partial charge in [0.25, 0.3) is 5.56 Å². The third-order valence-corrected chi connectivity index (χ3v) is 7.35. The van der Waals surface area contributed by atoms with Crippen molar-refractivity contribution in [3.8, 4) is 11.1 Å². The molecule has 0 bridgehead atoms. The number of rotatable bonds is 4. The van der Waals surface area contributed by atoms with Crippen molar-refractivity contribution >= 4 is 45.7 Å². The SMILES string of the molecule is [B]C.[CH2-]CS(=O)(=O)c1cccc(Nc2ccc3c4c(cc(=O)n3C)-c3ccccc3C(=O)c24)c1.[Y]. The molecule has 0 unspecified atom stereocenters. The number of anilines is 2. The molecule has 1 heterocycles. The van der Waals surface area contributed by atoms with E-state index >= 15 is 0 Å². The van der Waals surface area contributed by atoms with Gasteiger partial charge in [-0.15, -0.1) is 0 Å². The molecule has 0 aliphatic heterocycles. The quantitative estimate of drug-likeness (QED) is 0.263. The summed E-state index contributed by atoms with van der Waals surface area (Å²) < 4.78 is 26.0. The van der Waals surface area contributed by atoms with Crippen molar-refractivity contribution in [2.45, 2.75) is 11.7 Å². The second kappa shape index (κ2) is 10.6. The maximum absolute atomic E-state index is 13.5. The number of carbonyl (C=O) groups excluding carboxylic acids is 1. The fourth-order valence-electron chi connectivity index (χ4n) is 4.20. The van der Waals surface area contributed by atoms with Gasteiger partial charge < -0.3 is 16.8 Å². The number of fused-ring (bicyclic) bond motifs is 2. The van der Waals surface area contributed by atoms with E-state index in [2.05, 4.69) is 20.1 Å². The molecule has 3 radical (unpaired) electrons. The van der Waals surface area contributed by atoms with Gasteiger partial charge in [0.1, 0.15) is 0 Å². The van der Waals surface area contributed by atoms with Gasteiger partial charge in [0.05, 0.1) is 29.5 Å². The number of aromatic nitrogens is 1. The Kier molecular flexibility index (Phi) is 8.20. The molecule has 9 heteroatoms. The minimum atomic E-state index is -3.48. The van der Waals surface area contributed by atoms with E-state index in [0.717, 1.165) is 5.56 Å². The molecule has 35 heavy (non-hydrogen) atoms. The van der Waals surface area contributed by atoms with Crippen molar-refractivity contribution in [3.63, 3.8) is 0 Å². The zero-order chi connectivity index (χ0) is 24.6. The summed E-state index contributed by atoms with van der Waals surface area (Å²) in [5.74, 6) is -0.397. The molecule has 0 saturated carbocycles. The van der Waals surface area contributed by atoms with Crippen LogP contribution in [0.4, 0.5) is 11.4 Å². The molecule has 0 saturated heterocycles. The Morgan fingerprint density at radius 3 is 2.29 bits per heavy atom. The molecule has 1 aromatic heterocycles. The van der Waals surface area contributed by atoms with E-state index in [1.54, 1.807) is 49.5 Å². The number of sulfone groups is 1. The van der Waals surface area contributed by atoms with E-state index in [9.17, 15) is 18.0 Å². The third-order valence-electron chi connectivity index (χ3n) is 5.84. The molecule has 0 amide bonds. The van der Waals surface area contributed by atoms with Crippen LogP contribution < -0.4 is 10.9 Å². The number of pyridine rings is 1. The van der Waals surface area contributed by atoms with Crippen LogP contribution in [0.3, 0.4) is 0 Å². The van der Waals surface area contributed by atoms with Gasteiger partial charge in [-0.1, -0.05) is 42.9 Å². The van der Waals surface area contributed by atoms with Gasteiger partial charge >= 0.3 is 0 Å². The van der Waals surface area contributed by atoms with Crippen LogP contribution in [0.15, 0.2) is 76.4 Å². The topological polar surface area (TPSA) is 85.2 Å². The molecular formula is C26H22BN2O4SY-. The summed E-state index contributed by atoms with van der Waals surface area (Å²) in [4.78, 5) is 26.3. The largest absolute Gasteiger partial charge is 0.355 e. The molecule has 0 atom stereocenters. The molecule has 0 fully saturated rings. The Balaban J connectivity index is 0.00000111.